The predicted molar refractivity (Wildman–Crippen MR) is 124 cm³/mol. The molecular formula is C23H39N5O3. The zero-order valence-electron chi connectivity index (χ0n) is 19.4. The first kappa shape index (κ1) is 23.8. The van der Waals surface area contributed by atoms with Gasteiger partial charge < -0.3 is 24.8 Å². The molecule has 2 heterocycles. The molecule has 0 spiro atoms. The van der Waals surface area contributed by atoms with E-state index in [1.165, 1.54) is 5.56 Å². The Morgan fingerprint density at radius 2 is 1.77 bits per heavy atom. The predicted octanol–water partition coefficient (Wildman–Crippen LogP) is 1.17. The minimum atomic E-state index is 0.0373. The summed E-state index contributed by atoms with van der Waals surface area (Å²) in [6, 6.07) is 8.25. The van der Waals surface area contributed by atoms with Crippen LogP contribution < -0.4 is 15.4 Å². The molecule has 0 aliphatic carbocycles. The van der Waals surface area contributed by atoms with Crippen LogP contribution >= 0.6 is 0 Å². The molecule has 2 aliphatic rings. The maximum Gasteiger partial charge on any atom is 0.191 e. The molecule has 31 heavy (non-hydrogen) atoms. The molecule has 2 fully saturated rings. The first-order valence-electron chi connectivity index (χ1n) is 11.4. The molecule has 2 N–H and O–H groups in total. The van der Waals surface area contributed by atoms with Gasteiger partial charge in [0.2, 0.25) is 0 Å². The van der Waals surface area contributed by atoms with E-state index < -0.39 is 0 Å². The van der Waals surface area contributed by atoms with Crippen molar-refractivity contribution in [1.82, 2.24) is 20.4 Å². The molecule has 0 atom stereocenters. The zero-order valence-corrected chi connectivity index (χ0v) is 19.4. The monoisotopic (exact) mass is 433 g/mol. The lowest BCUT2D eigenvalue weighted by molar-refractivity contribution is -0.00834. The summed E-state index contributed by atoms with van der Waals surface area (Å²) >= 11 is 0. The van der Waals surface area contributed by atoms with Crippen LogP contribution in [0.25, 0.3) is 0 Å². The number of benzene rings is 1. The van der Waals surface area contributed by atoms with E-state index in [1.807, 2.05) is 19.2 Å². The topological polar surface area (TPSA) is 70.6 Å². The third-order valence-corrected chi connectivity index (χ3v) is 5.92. The summed E-state index contributed by atoms with van der Waals surface area (Å²) < 4.78 is 16.8. The molecule has 0 bridgehead atoms. The highest BCUT2D eigenvalue weighted by molar-refractivity contribution is 5.79. The van der Waals surface area contributed by atoms with Crippen LogP contribution in [0.4, 0.5) is 0 Å². The summed E-state index contributed by atoms with van der Waals surface area (Å²) in [6.07, 6.45) is 0. The van der Waals surface area contributed by atoms with Crippen LogP contribution in [-0.2, 0) is 16.0 Å². The van der Waals surface area contributed by atoms with E-state index in [2.05, 4.69) is 51.4 Å². The number of aliphatic imine (C=N–C) groups is 1. The first-order valence-corrected chi connectivity index (χ1v) is 11.4. The van der Waals surface area contributed by atoms with Crippen LogP contribution in [0.3, 0.4) is 0 Å². The Balaban J connectivity index is 1.41. The molecule has 0 radical (unpaired) electrons. The lowest BCUT2D eigenvalue weighted by Crippen LogP contribution is -2.56. The maximum atomic E-state index is 5.97. The Kier molecular flexibility index (Phi) is 9.39. The molecule has 2 saturated heterocycles. The molecule has 2 aliphatic heterocycles. The number of nitrogens with one attached hydrogen (secondary N) is 2. The number of nitrogens with zero attached hydrogens (tertiary/aromatic N) is 3. The Labute approximate surface area is 186 Å². The summed E-state index contributed by atoms with van der Waals surface area (Å²) in [5.74, 6) is 1.71. The van der Waals surface area contributed by atoms with Gasteiger partial charge in [-0.2, -0.15) is 0 Å². The molecule has 0 unspecified atom stereocenters. The minimum Gasteiger partial charge on any atom is -0.492 e. The average molecular weight is 434 g/mol. The Morgan fingerprint density at radius 1 is 1.06 bits per heavy atom. The summed E-state index contributed by atoms with van der Waals surface area (Å²) in [5, 5.41) is 6.89. The molecule has 8 heteroatoms. The van der Waals surface area contributed by atoms with E-state index >= 15 is 0 Å². The largest absolute Gasteiger partial charge is 0.492 e. The second-order valence-corrected chi connectivity index (χ2v) is 8.64. The number of rotatable bonds is 9. The molecule has 1 aromatic rings. The SMILES string of the molecule is CN=C(NCc1cccc(OCCN2CCOCC2)c1)NCC(C)(C)N1CCOCC1. The molecule has 174 valence electrons. The summed E-state index contributed by atoms with van der Waals surface area (Å²) in [4.78, 5) is 9.22. The van der Waals surface area contributed by atoms with Crippen LogP contribution in [0, 0.1) is 0 Å². The van der Waals surface area contributed by atoms with Crippen LogP contribution in [0.5, 0.6) is 5.75 Å². The lowest BCUT2D eigenvalue weighted by atomic mass is 10.0. The minimum absolute atomic E-state index is 0.0373. The van der Waals surface area contributed by atoms with Gasteiger partial charge in [0.05, 0.1) is 26.4 Å². The van der Waals surface area contributed by atoms with Gasteiger partial charge in [0.1, 0.15) is 12.4 Å². The van der Waals surface area contributed by atoms with Crippen molar-refractivity contribution in [1.29, 1.82) is 0 Å². The van der Waals surface area contributed by atoms with Gasteiger partial charge in [-0.15, -0.1) is 0 Å². The number of hydrogen-bond acceptors (Lipinski definition) is 6. The van der Waals surface area contributed by atoms with Crippen molar-refractivity contribution in [3.8, 4) is 5.75 Å². The summed E-state index contributed by atoms with van der Waals surface area (Å²) in [6.45, 7) is 14.8. The van der Waals surface area contributed by atoms with Gasteiger partial charge >= 0.3 is 0 Å². The third-order valence-electron chi connectivity index (χ3n) is 5.92. The van der Waals surface area contributed by atoms with Crippen molar-refractivity contribution in [3.05, 3.63) is 29.8 Å². The Hall–Kier alpha value is -1.87. The molecule has 0 amide bonds. The van der Waals surface area contributed by atoms with Crippen molar-refractivity contribution in [2.24, 2.45) is 4.99 Å². The Morgan fingerprint density at radius 3 is 2.48 bits per heavy atom. The van der Waals surface area contributed by atoms with Crippen LogP contribution in [0.1, 0.15) is 19.4 Å². The van der Waals surface area contributed by atoms with Crippen LogP contribution in [0.15, 0.2) is 29.3 Å². The van der Waals surface area contributed by atoms with E-state index in [0.29, 0.717) is 13.2 Å². The second-order valence-electron chi connectivity index (χ2n) is 8.64. The highest BCUT2D eigenvalue weighted by Gasteiger charge is 2.28. The van der Waals surface area contributed by atoms with Gasteiger partial charge in [-0.1, -0.05) is 12.1 Å². The fourth-order valence-corrected chi connectivity index (χ4v) is 3.85. The summed E-state index contributed by atoms with van der Waals surface area (Å²) in [5.41, 5.74) is 1.20. The number of morpholine rings is 2. The lowest BCUT2D eigenvalue weighted by Gasteiger charge is -2.41. The number of hydrogen-bond donors (Lipinski definition) is 2. The summed E-state index contributed by atoms with van der Waals surface area (Å²) in [7, 11) is 1.81. The third kappa shape index (κ3) is 7.96. The van der Waals surface area contributed by atoms with E-state index in [-0.39, 0.29) is 5.54 Å². The van der Waals surface area contributed by atoms with Gasteiger partial charge in [0.25, 0.3) is 0 Å². The van der Waals surface area contributed by atoms with Crippen molar-refractivity contribution in [2.45, 2.75) is 25.9 Å². The Bertz CT molecular complexity index is 686. The van der Waals surface area contributed by atoms with E-state index in [4.69, 9.17) is 14.2 Å². The quantitative estimate of drug-likeness (QED) is 0.448. The molecule has 3 rings (SSSR count). The fourth-order valence-electron chi connectivity index (χ4n) is 3.85. The van der Waals surface area contributed by atoms with Gasteiger partial charge in [-0.25, -0.2) is 0 Å². The molecule has 0 aromatic heterocycles. The molecule has 8 nitrogen and oxygen atoms in total. The van der Waals surface area contributed by atoms with Gasteiger partial charge in [-0.05, 0) is 31.5 Å². The highest BCUT2D eigenvalue weighted by Crippen LogP contribution is 2.15. The molecular weight excluding hydrogens is 394 g/mol. The molecule has 0 saturated carbocycles. The van der Waals surface area contributed by atoms with E-state index in [1.54, 1.807) is 0 Å². The van der Waals surface area contributed by atoms with Crippen molar-refractivity contribution in [2.75, 3.05) is 79.4 Å². The van der Waals surface area contributed by atoms with E-state index in [9.17, 15) is 0 Å². The van der Waals surface area contributed by atoms with Gasteiger partial charge in [0, 0.05) is 58.4 Å². The van der Waals surface area contributed by atoms with Crippen molar-refractivity contribution in [3.63, 3.8) is 0 Å². The van der Waals surface area contributed by atoms with Gasteiger partial charge in [0.15, 0.2) is 5.96 Å². The number of guanidine groups is 1. The zero-order chi connectivity index (χ0) is 21.9. The number of ether oxygens (including phenoxy) is 3. The van der Waals surface area contributed by atoms with Gasteiger partial charge in [-0.3, -0.25) is 14.8 Å². The van der Waals surface area contributed by atoms with Crippen LogP contribution in [0.2, 0.25) is 0 Å². The van der Waals surface area contributed by atoms with Crippen molar-refractivity contribution < 1.29 is 14.2 Å². The standard InChI is InChI=1S/C23H39N5O3/c1-23(2,28-10-14-30-15-11-28)19-26-22(24-3)25-18-20-5-4-6-21(17-20)31-16-9-27-7-12-29-13-8-27/h4-6,17H,7-16,18-19H2,1-3H3,(H2,24,25,26). The average Bonchev–Trinajstić information content (AvgIpc) is 2.81. The van der Waals surface area contributed by atoms with Crippen LogP contribution in [-0.4, -0.2) is 101 Å². The fraction of sp³-hybridized carbons (Fsp3) is 0.696. The maximum absolute atomic E-state index is 5.97. The van der Waals surface area contributed by atoms with E-state index in [0.717, 1.165) is 77.4 Å². The normalized spacial score (nSPS) is 19.3. The second kappa shape index (κ2) is 12.2. The smallest absolute Gasteiger partial charge is 0.191 e. The first-order chi connectivity index (χ1) is 15.1. The van der Waals surface area contributed by atoms with Crippen molar-refractivity contribution >= 4 is 5.96 Å². The molecule has 1 aromatic carbocycles. The highest BCUT2D eigenvalue weighted by atomic mass is 16.5.